The summed E-state index contributed by atoms with van der Waals surface area (Å²) in [7, 11) is 0. The van der Waals surface area contributed by atoms with Gasteiger partial charge < -0.3 is 10.1 Å². The second-order valence-electron chi connectivity index (χ2n) is 4.49. The van der Waals surface area contributed by atoms with Crippen LogP contribution < -0.4 is 5.32 Å². The minimum Gasteiger partial charge on any atom is -0.368 e. The van der Waals surface area contributed by atoms with Crippen molar-refractivity contribution in [3.05, 3.63) is 34.1 Å². The Kier molecular flexibility index (Phi) is 3.90. The summed E-state index contributed by atoms with van der Waals surface area (Å²) < 4.78 is 47.8. The number of thiocarbonyl (C=S) groups is 1. The van der Waals surface area contributed by atoms with Gasteiger partial charge in [0.1, 0.15) is 23.0 Å². The third kappa shape index (κ3) is 2.64. The molecule has 1 fully saturated rings. The van der Waals surface area contributed by atoms with Crippen LogP contribution in [0.1, 0.15) is 12.5 Å². The molecule has 1 aromatic rings. The quantitative estimate of drug-likeness (QED) is 0.782. The molecule has 1 unspecified atom stereocenters. The van der Waals surface area contributed by atoms with Gasteiger partial charge in [0.25, 0.3) is 5.92 Å². The van der Waals surface area contributed by atoms with Crippen molar-refractivity contribution in [2.45, 2.75) is 18.4 Å². The highest BCUT2D eigenvalue weighted by Gasteiger charge is 2.54. The lowest BCUT2D eigenvalue weighted by Crippen LogP contribution is -2.56. The van der Waals surface area contributed by atoms with E-state index in [9.17, 15) is 13.2 Å². The molecule has 2 rings (SSSR count). The van der Waals surface area contributed by atoms with Crippen molar-refractivity contribution < 1.29 is 17.9 Å². The van der Waals surface area contributed by atoms with Gasteiger partial charge in [0.15, 0.2) is 0 Å². The third-order valence-corrected chi connectivity index (χ3v) is 3.82. The van der Waals surface area contributed by atoms with E-state index in [1.807, 2.05) is 0 Å². The van der Waals surface area contributed by atoms with Gasteiger partial charge in [-0.25, -0.2) is 13.2 Å². The molecule has 1 saturated heterocycles. The first-order chi connectivity index (χ1) is 8.76. The number of hydrogen-bond donors (Lipinski definition) is 1. The maximum absolute atomic E-state index is 14.3. The van der Waals surface area contributed by atoms with Crippen LogP contribution in [-0.2, 0) is 10.3 Å². The molecule has 1 heterocycles. The fraction of sp³-hybridized carbons (Fsp3) is 0.417. The molecule has 104 valence electrons. The van der Waals surface area contributed by atoms with Crippen LogP contribution in [0.15, 0.2) is 22.7 Å². The van der Waals surface area contributed by atoms with Crippen LogP contribution in [0, 0.1) is 5.82 Å². The van der Waals surface area contributed by atoms with E-state index in [4.69, 9.17) is 17.0 Å². The molecule has 19 heavy (non-hydrogen) atoms. The Bertz CT molecular complexity index is 526. The number of nitrogens with one attached hydrogen (secondary N) is 1. The van der Waals surface area contributed by atoms with E-state index < -0.39 is 23.9 Å². The van der Waals surface area contributed by atoms with Crippen molar-refractivity contribution in [1.82, 2.24) is 5.32 Å². The van der Waals surface area contributed by atoms with Gasteiger partial charge in [0.05, 0.1) is 6.61 Å². The lowest BCUT2D eigenvalue weighted by molar-refractivity contribution is -0.120. The number of rotatable bonds is 1. The van der Waals surface area contributed by atoms with E-state index in [1.54, 1.807) is 0 Å². The second kappa shape index (κ2) is 5.03. The highest BCUT2D eigenvalue weighted by Crippen LogP contribution is 2.40. The SMILES string of the molecule is CC1(c2cc(Br)ccc2F)NC(=S)COCC1(F)F. The Hall–Kier alpha value is -0.660. The van der Waals surface area contributed by atoms with E-state index in [0.29, 0.717) is 4.47 Å². The van der Waals surface area contributed by atoms with Gasteiger partial charge in [-0.2, -0.15) is 0 Å². The number of benzene rings is 1. The molecule has 2 nitrogen and oxygen atoms in total. The fourth-order valence-corrected chi connectivity index (χ4v) is 2.62. The molecular formula is C12H11BrF3NOS. The van der Waals surface area contributed by atoms with Gasteiger partial charge in [-0.15, -0.1) is 0 Å². The second-order valence-corrected chi connectivity index (χ2v) is 5.90. The normalized spacial score (nSPS) is 26.7. The molecule has 0 bridgehead atoms. The Morgan fingerprint density at radius 2 is 2.11 bits per heavy atom. The molecule has 0 aromatic heterocycles. The van der Waals surface area contributed by atoms with Gasteiger partial charge in [-0.05, 0) is 25.1 Å². The molecule has 1 aliphatic heterocycles. The first-order valence-corrected chi connectivity index (χ1v) is 6.68. The van der Waals surface area contributed by atoms with E-state index >= 15 is 0 Å². The number of alkyl halides is 2. The summed E-state index contributed by atoms with van der Waals surface area (Å²) in [6.45, 7) is 0.303. The summed E-state index contributed by atoms with van der Waals surface area (Å²) >= 11 is 8.07. The van der Waals surface area contributed by atoms with Crippen LogP contribution >= 0.6 is 28.1 Å². The maximum atomic E-state index is 14.3. The molecular weight excluding hydrogens is 343 g/mol. The molecule has 1 aliphatic rings. The highest BCUT2D eigenvalue weighted by molar-refractivity contribution is 9.10. The average Bonchev–Trinajstić information content (AvgIpc) is 2.40. The van der Waals surface area contributed by atoms with Crippen LogP contribution in [0.2, 0.25) is 0 Å². The van der Waals surface area contributed by atoms with Crippen LogP contribution in [0.3, 0.4) is 0 Å². The van der Waals surface area contributed by atoms with Gasteiger partial charge in [-0.1, -0.05) is 28.1 Å². The molecule has 1 aromatic carbocycles. The zero-order valence-electron chi connectivity index (χ0n) is 9.97. The largest absolute Gasteiger partial charge is 0.368 e. The number of ether oxygens (including phenoxy) is 1. The predicted molar refractivity (Wildman–Crippen MR) is 73.0 cm³/mol. The topological polar surface area (TPSA) is 21.3 Å². The summed E-state index contributed by atoms with van der Waals surface area (Å²) in [5, 5.41) is 2.53. The van der Waals surface area contributed by atoms with E-state index in [0.717, 1.165) is 6.07 Å². The molecule has 0 saturated carbocycles. The molecule has 1 atom stereocenters. The van der Waals surface area contributed by atoms with Crippen LogP contribution in [0.4, 0.5) is 13.2 Å². The Labute approximate surface area is 122 Å². The lowest BCUT2D eigenvalue weighted by atomic mass is 9.85. The summed E-state index contributed by atoms with van der Waals surface area (Å²) in [6, 6.07) is 3.91. The molecule has 7 heteroatoms. The van der Waals surface area contributed by atoms with E-state index in [2.05, 4.69) is 21.2 Å². The van der Waals surface area contributed by atoms with Crippen molar-refractivity contribution >= 4 is 33.1 Å². The van der Waals surface area contributed by atoms with Crippen LogP contribution in [0.5, 0.6) is 0 Å². The van der Waals surface area contributed by atoms with Crippen molar-refractivity contribution in [1.29, 1.82) is 0 Å². The van der Waals surface area contributed by atoms with Gasteiger partial charge in [0.2, 0.25) is 0 Å². The minimum absolute atomic E-state index is 0.101. The van der Waals surface area contributed by atoms with Crippen molar-refractivity contribution in [3.63, 3.8) is 0 Å². The Morgan fingerprint density at radius 1 is 1.42 bits per heavy atom. The highest BCUT2D eigenvalue weighted by atomic mass is 79.9. The average molecular weight is 354 g/mol. The van der Waals surface area contributed by atoms with Crippen LogP contribution in [0.25, 0.3) is 0 Å². The monoisotopic (exact) mass is 353 g/mol. The smallest absolute Gasteiger partial charge is 0.297 e. The van der Waals surface area contributed by atoms with Crippen LogP contribution in [-0.4, -0.2) is 24.1 Å². The number of halogens is 4. The third-order valence-electron chi connectivity index (χ3n) is 3.10. The maximum Gasteiger partial charge on any atom is 0.297 e. The van der Waals surface area contributed by atoms with Crippen molar-refractivity contribution in [2.24, 2.45) is 0 Å². The minimum atomic E-state index is -3.30. The molecule has 0 aliphatic carbocycles. The zero-order valence-corrected chi connectivity index (χ0v) is 12.4. The molecule has 0 radical (unpaired) electrons. The summed E-state index contributed by atoms with van der Waals surface area (Å²) in [4.78, 5) is 0.124. The lowest BCUT2D eigenvalue weighted by Gasteiger charge is -2.37. The predicted octanol–water partition coefficient (Wildman–Crippen LogP) is 3.39. The first kappa shape index (κ1) is 14.7. The Morgan fingerprint density at radius 3 is 2.79 bits per heavy atom. The van der Waals surface area contributed by atoms with Gasteiger partial charge >= 0.3 is 0 Å². The first-order valence-electron chi connectivity index (χ1n) is 5.48. The molecule has 1 N–H and O–H groups in total. The van der Waals surface area contributed by atoms with Crippen molar-refractivity contribution in [2.75, 3.05) is 13.2 Å². The zero-order chi connectivity index (χ0) is 14.3. The van der Waals surface area contributed by atoms with E-state index in [1.165, 1.54) is 19.1 Å². The number of hydrogen-bond acceptors (Lipinski definition) is 2. The van der Waals surface area contributed by atoms with E-state index in [-0.39, 0.29) is 17.2 Å². The fourth-order valence-electron chi connectivity index (χ4n) is 1.97. The van der Waals surface area contributed by atoms with Gasteiger partial charge in [-0.3, -0.25) is 0 Å². The standard InChI is InChI=1S/C12H11BrF3NOS/c1-11(8-4-7(13)2-3-9(8)14)12(15,16)6-18-5-10(19)17-11/h2-4H,5-6H2,1H3,(H,17,19). The molecule has 0 amide bonds. The summed E-state index contributed by atoms with van der Waals surface area (Å²) in [5.41, 5.74) is -2.10. The van der Waals surface area contributed by atoms with Crippen molar-refractivity contribution in [3.8, 4) is 0 Å². The van der Waals surface area contributed by atoms with Gasteiger partial charge in [0, 0.05) is 10.0 Å². The summed E-state index contributed by atoms with van der Waals surface area (Å²) in [6.07, 6.45) is 0. The Balaban J connectivity index is 2.59. The molecule has 0 spiro atoms. The summed E-state index contributed by atoms with van der Waals surface area (Å²) in [5.74, 6) is -4.02.